The summed E-state index contributed by atoms with van der Waals surface area (Å²) in [6.45, 7) is 0. The Kier molecular flexibility index (Phi) is 4.90. The minimum Gasteiger partial charge on any atom is -0.508 e. The summed E-state index contributed by atoms with van der Waals surface area (Å²) in [7, 11) is 0. The van der Waals surface area contributed by atoms with Crippen LogP contribution in [0.3, 0.4) is 0 Å². The Bertz CT molecular complexity index is 917. The lowest BCUT2D eigenvalue weighted by Crippen LogP contribution is -1.96. The highest BCUT2D eigenvalue weighted by Gasteiger charge is 2.03. The molecule has 4 heteroatoms. The van der Waals surface area contributed by atoms with Gasteiger partial charge in [0.15, 0.2) is 6.29 Å². The smallest absolute Gasteiger partial charge is 0.152 e. The van der Waals surface area contributed by atoms with Gasteiger partial charge in [0.1, 0.15) is 11.6 Å². The van der Waals surface area contributed by atoms with Crippen molar-refractivity contribution in [1.82, 2.24) is 0 Å². The molecular weight excluding hydrogens is 317 g/mol. The van der Waals surface area contributed by atoms with E-state index in [1.54, 1.807) is 36.4 Å². The molecule has 0 spiro atoms. The molecule has 124 valence electrons. The zero-order valence-electron chi connectivity index (χ0n) is 13.3. The Morgan fingerprint density at radius 1 is 0.880 bits per heavy atom. The first-order valence-electron chi connectivity index (χ1n) is 7.73. The van der Waals surface area contributed by atoms with E-state index in [1.807, 2.05) is 30.4 Å². The molecule has 0 bridgehead atoms. The third-order valence-corrected chi connectivity index (χ3v) is 3.67. The zero-order valence-corrected chi connectivity index (χ0v) is 13.3. The van der Waals surface area contributed by atoms with Crippen LogP contribution in [0.4, 0.5) is 15.8 Å². The fourth-order valence-corrected chi connectivity index (χ4v) is 2.40. The molecule has 2 N–H and O–H groups in total. The van der Waals surface area contributed by atoms with Crippen molar-refractivity contribution in [3.63, 3.8) is 0 Å². The predicted molar refractivity (Wildman–Crippen MR) is 98.5 cm³/mol. The Hall–Kier alpha value is -3.40. The van der Waals surface area contributed by atoms with E-state index in [-0.39, 0.29) is 11.6 Å². The molecule has 0 aliphatic rings. The first kappa shape index (κ1) is 16.5. The van der Waals surface area contributed by atoms with E-state index < -0.39 is 0 Å². The molecular formula is C21H16FNO2. The van der Waals surface area contributed by atoms with Crippen molar-refractivity contribution in [2.75, 3.05) is 5.32 Å². The molecule has 3 rings (SSSR count). The topological polar surface area (TPSA) is 49.3 Å². The molecule has 3 aromatic carbocycles. The van der Waals surface area contributed by atoms with E-state index in [0.717, 1.165) is 17.4 Å². The maximum atomic E-state index is 13.0. The number of carbonyl (C=O) groups is 1. The van der Waals surface area contributed by atoms with Crippen molar-refractivity contribution in [2.45, 2.75) is 0 Å². The number of carbonyl (C=O) groups excluding carboxylic acids is 1. The summed E-state index contributed by atoms with van der Waals surface area (Å²) in [5, 5.41) is 12.6. The van der Waals surface area contributed by atoms with Gasteiger partial charge in [0.25, 0.3) is 0 Å². The third kappa shape index (κ3) is 4.32. The van der Waals surface area contributed by atoms with Gasteiger partial charge in [-0.2, -0.15) is 0 Å². The predicted octanol–water partition coefficient (Wildman–Crippen LogP) is 5.26. The van der Waals surface area contributed by atoms with Gasteiger partial charge >= 0.3 is 0 Å². The molecule has 0 saturated carbocycles. The fraction of sp³-hybridized carbons (Fsp3) is 0. The van der Waals surface area contributed by atoms with Gasteiger partial charge in [-0.15, -0.1) is 0 Å². The maximum Gasteiger partial charge on any atom is 0.152 e. The number of aromatic hydroxyl groups is 1. The molecule has 0 fully saturated rings. The molecule has 3 aromatic rings. The summed E-state index contributed by atoms with van der Waals surface area (Å²) in [6.07, 6.45) is 4.53. The van der Waals surface area contributed by atoms with Crippen molar-refractivity contribution in [3.8, 4) is 5.75 Å². The lowest BCUT2D eigenvalue weighted by atomic mass is 10.1. The van der Waals surface area contributed by atoms with Crippen LogP contribution >= 0.6 is 0 Å². The van der Waals surface area contributed by atoms with E-state index in [2.05, 4.69) is 5.32 Å². The van der Waals surface area contributed by atoms with E-state index in [9.17, 15) is 14.3 Å². The van der Waals surface area contributed by atoms with Gasteiger partial charge in [-0.3, -0.25) is 4.79 Å². The van der Waals surface area contributed by atoms with Crippen LogP contribution < -0.4 is 5.32 Å². The Balaban J connectivity index is 1.86. The van der Waals surface area contributed by atoms with Crippen LogP contribution in [-0.2, 0) is 0 Å². The summed E-state index contributed by atoms with van der Waals surface area (Å²) in [6, 6.07) is 18.3. The highest BCUT2D eigenvalue weighted by molar-refractivity contribution is 5.87. The van der Waals surface area contributed by atoms with Gasteiger partial charge in [-0.25, -0.2) is 4.39 Å². The van der Waals surface area contributed by atoms with E-state index in [1.165, 1.54) is 12.1 Å². The normalized spacial score (nSPS) is 10.8. The van der Waals surface area contributed by atoms with Crippen LogP contribution in [0.2, 0.25) is 0 Å². The first-order chi connectivity index (χ1) is 12.1. The number of anilines is 2. The molecule has 0 aromatic heterocycles. The molecule has 0 aliphatic heterocycles. The number of benzene rings is 3. The summed E-state index contributed by atoms with van der Waals surface area (Å²) in [5.74, 6) is -0.110. The Labute approximate surface area is 145 Å². The third-order valence-electron chi connectivity index (χ3n) is 3.67. The largest absolute Gasteiger partial charge is 0.508 e. The van der Waals surface area contributed by atoms with Gasteiger partial charge in [0.2, 0.25) is 0 Å². The van der Waals surface area contributed by atoms with E-state index >= 15 is 0 Å². The van der Waals surface area contributed by atoms with Crippen LogP contribution in [-0.4, -0.2) is 11.4 Å². The van der Waals surface area contributed by atoms with Crippen LogP contribution in [0.15, 0.2) is 66.7 Å². The summed E-state index contributed by atoms with van der Waals surface area (Å²) < 4.78 is 13.0. The fourth-order valence-electron chi connectivity index (χ4n) is 2.40. The highest BCUT2D eigenvalue weighted by Crippen LogP contribution is 2.23. The monoisotopic (exact) mass is 333 g/mol. The number of hydrogen-bond acceptors (Lipinski definition) is 3. The molecule has 3 nitrogen and oxygen atoms in total. The Morgan fingerprint density at radius 3 is 2.28 bits per heavy atom. The van der Waals surface area contributed by atoms with Crippen LogP contribution in [0.5, 0.6) is 5.75 Å². The second-order valence-corrected chi connectivity index (χ2v) is 5.52. The van der Waals surface area contributed by atoms with Crippen molar-refractivity contribution < 1.29 is 14.3 Å². The minimum atomic E-state index is -0.316. The first-order valence-corrected chi connectivity index (χ1v) is 7.73. The molecule has 0 amide bonds. The van der Waals surface area contributed by atoms with Gasteiger partial charge in [0.05, 0.1) is 0 Å². The number of hydrogen-bond donors (Lipinski definition) is 2. The molecule has 0 unspecified atom stereocenters. The van der Waals surface area contributed by atoms with Crippen molar-refractivity contribution in [1.29, 1.82) is 0 Å². The van der Waals surface area contributed by atoms with Crippen LogP contribution in [0, 0.1) is 5.82 Å². The quantitative estimate of drug-likeness (QED) is 0.495. The Morgan fingerprint density at radius 2 is 1.60 bits per heavy atom. The lowest BCUT2D eigenvalue weighted by molar-refractivity contribution is 0.112. The van der Waals surface area contributed by atoms with E-state index in [4.69, 9.17) is 0 Å². The van der Waals surface area contributed by atoms with Gasteiger partial charge in [-0.05, 0) is 59.7 Å². The number of aldehydes is 1. The maximum absolute atomic E-state index is 13.0. The SMILES string of the molecule is O=Cc1ccc(/C=C/c2cccc(O)c2)cc1Nc1ccc(F)cc1. The number of halogens is 1. The summed E-state index contributed by atoms with van der Waals surface area (Å²) in [5.41, 5.74) is 3.60. The standard InChI is InChI=1S/C21H16FNO2/c22-18-8-10-19(11-9-18)23-21-13-16(6-7-17(21)14-24)5-4-15-2-1-3-20(25)12-15/h1-14,23,25H/b5-4+. The minimum absolute atomic E-state index is 0.206. The average molecular weight is 333 g/mol. The van der Waals surface area contributed by atoms with Crippen molar-refractivity contribution >= 4 is 29.8 Å². The van der Waals surface area contributed by atoms with Gasteiger partial charge in [0, 0.05) is 16.9 Å². The average Bonchev–Trinajstić information content (AvgIpc) is 2.62. The number of rotatable bonds is 5. The second kappa shape index (κ2) is 7.45. The number of phenolic OH excluding ortho intramolecular Hbond substituents is 1. The molecule has 0 saturated heterocycles. The highest BCUT2D eigenvalue weighted by atomic mass is 19.1. The van der Waals surface area contributed by atoms with Crippen molar-refractivity contribution in [3.05, 3.63) is 89.2 Å². The number of nitrogens with one attached hydrogen (secondary N) is 1. The van der Waals surface area contributed by atoms with Gasteiger partial charge in [-0.1, -0.05) is 30.4 Å². The van der Waals surface area contributed by atoms with Crippen LogP contribution in [0.25, 0.3) is 12.2 Å². The summed E-state index contributed by atoms with van der Waals surface area (Å²) >= 11 is 0. The molecule has 0 atom stereocenters. The van der Waals surface area contributed by atoms with Crippen molar-refractivity contribution in [2.24, 2.45) is 0 Å². The lowest BCUT2D eigenvalue weighted by Gasteiger charge is -2.10. The molecule has 0 radical (unpaired) electrons. The zero-order chi connectivity index (χ0) is 17.6. The molecule has 0 heterocycles. The second-order valence-electron chi connectivity index (χ2n) is 5.52. The van der Waals surface area contributed by atoms with Crippen LogP contribution in [0.1, 0.15) is 21.5 Å². The van der Waals surface area contributed by atoms with Gasteiger partial charge < -0.3 is 10.4 Å². The van der Waals surface area contributed by atoms with E-state index in [0.29, 0.717) is 16.9 Å². The number of phenols is 1. The molecule has 0 aliphatic carbocycles. The molecule has 25 heavy (non-hydrogen) atoms. The summed E-state index contributed by atoms with van der Waals surface area (Å²) in [4.78, 5) is 11.3.